The highest BCUT2D eigenvalue weighted by molar-refractivity contribution is 14.0. The number of morpholine rings is 1. The van der Waals surface area contributed by atoms with Crippen molar-refractivity contribution in [1.82, 2.24) is 4.90 Å². The molecule has 1 aliphatic rings. The van der Waals surface area contributed by atoms with Crippen molar-refractivity contribution in [3.63, 3.8) is 0 Å². The molecule has 1 heterocycles. The SMILES string of the molecule is CCCC(CCO)CN=C(N)N1CCOCC1.I. The Labute approximate surface area is 127 Å². The number of aliphatic hydroxyl groups is 1. The number of rotatable bonds is 6. The van der Waals surface area contributed by atoms with Crippen molar-refractivity contribution in [3.05, 3.63) is 0 Å². The summed E-state index contributed by atoms with van der Waals surface area (Å²) in [4.78, 5) is 6.50. The monoisotopic (exact) mass is 371 g/mol. The summed E-state index contributed by atoms with van der Waals surface area (Å²) in [5.41, 5.74) is 5.95. The summed E-state index contributed by atoms with van der Waals surface area (Å²) in [6, 6.07) is 0. The Bertz CT molecular complexity index is 227. The molecule has 1 saturated heterocycles. The van der Waals surface area contributed by atoms with Gasteiger partial charge in [-0.25, -0.2) is 0 Å². The van der Waals surface area contributed by atoms with Crippen LogP contribution in [0.25, 0.3) is 0 Å². The molecule has 18 heavy (non-hydrogen) atoms. The van der Waals surface area contributed by atoms with E-state index in [9.17, 15) is 0 Å². The zero-order valence-corrected chi connectivity index (χ0v) is 13.5. The molecular weight excluding hydrogens is 345 g/mol. The lowest BCUT2D eigenvalue weighted by atomic mass is 10.0. The number of guanidine groups is 1. The minimum atomic E-state index is 0. The maximum atomic E-state index is 8.97. The van der Waals surface area contributed by atoms with Gasteiger partial charge in [-0.15, -0.1) is 24.0 Å². The molecule has 6 heteroatoms. The third-order valence-corrected chi connectivity index (χ3v) is 3.08. The number of ether oxygens (including phenoxy) is 1. The lowest BCUT2D eigenvalue weighted by Crippen LogP contribution is -2.45. The number of nitrogens with two attached hydrogens (primary N) is 1. The first-order chi connectivity index (χ1) is 8.27. The zero-order valence-electron chi connectivity index (χ0n) is 11.2. The molecule has 1 aliphatic heterocycles. The Kier molecular flexibility index (Phi) is 10.8. The van der Waals surface area contributed by atoms with Crippen LogP contribution in [0.5, 0.6) is 0 Å². The summed E-state index contributed by atoms with van der Waals surface area (Å²) in [5, 5.41) is 8.97. The Morgan fingerprint density at radius 3 is 2.61 bits per heavy atom. The van der Waals surface area contributed by atoms with Crippen LogP contribution in [0.4, 0.5) is 0 Å². The van der Waals surface area contributed by atoms with Crippen LogP contribution in [0, 0.1) is 5.92 Å². The van der Waals surface area contributed by atoms with Crippen LogP contribution < -0.4 is 5.73 Å². The summed E-state index contributed by atoms with van der Waals surface area (Å²) in [6.07, 6.45) is 3.03. The molecule has 3 N–H and O–H groups in total. The molecule has 1 fully saturated rings. The van der Waals surface area contributed by atoms with Gasteiger partial charge in [0.15, 0.2) is 5.96 Å². The smallest absolute Gasteiger partial charge is 0.191 e. The molecule has 0 aliphatic carbocycles. The first-order valence-corrected chi connectivity index (χ1v) is 6.51. The van der Waals surface area contributed by atoms with E-state index >= 15 is 0 Å². The predicted molar refractivity (Wildman–Crippen MR) is 84.4 cm³/mol. The number of hydrogen-bond acceptors (Lipinski definition) is 3. The van der Waals surface area contributed by atoms with E-state index < -0.39 is 0 Å². The van der Waals surface area contributed by atoms with E-state index in [0.29, 0.717) is 11.9 Å². The Morgan fingerprint density at radius 1 is 1.39 bits per heavy atom. The third kappa shape index (κ3) is 6.75. The van der Waals surface area contributed by atoms with E-state index in [2.05, 4.69) is 16.8 Å². The summed E-state index contributed by atoms with van der Waals surface area (Å²) in [7, 11) is 0. The third-order valence-electron chi connectivity index (χ3n) is 3.08. The van der Waals surface area contributed by atoms with Crippen LogP contribution >= 0.6 is 24.0 Å². The molecule has 0 spiro atoms. The second kappa shape index (κ2) is 10.8. The van der Waals surface area contributed by atoms with Gasteiger partial charge >= 0.3 is 0 Å². The van der Waals surface area contributed by atoms with Gasteiger partial charge < -0.3 is 20.5 Å². The van der Waals surface area contributed by atoms with Gasteiger partial charge in [0.2, 0.25) is 0 Å². The van der Waals surface area contributed by atoms with Crippen LogP contribution in [0.3, 0.4) is 0 Å². The van der Waals surface area contributed by atoms with Gasteiger partial charge in [-0.2, -0.15) is 0 Å². The molecule has 0 radical (unpaired) electrons. The highest BCUT2D eigenvalue weighted by Gasteiger charge is 2.13. The average Bonchev–Trinajstić information content (AvgIpc) is 2.37. The van der Waals surface area contributed by atoms with Gasteiger partial charge in [0.25, 0.3) is 0 Å². The normalized spacial score (nSPS) is 18.3. The van der Waals surface area contributed by atoms with Crippen molar-refractivity contribution in [2.45, 2.75) is 26.2 Å². The predicted octanol–water partition coefficient (Wildman–Crippen LogP) is 1.05. The van der Waals surface area contributed by atoms with Crippen LogP contribution in [-0.4, -0.2) is 55.4 Å². The first-order valence-electron chi connectivity index (χ1n) is 6.51. The average molecular weight is 371 g/mol. The molecule has 1 rings (SSSR count). The molecule has 0 saturated carbocycles. The topological polar surface area (TPSA) is 71.1 Å². The Morgan fingerprint density at radius 2 is 2.06 bits per heavy atom. The van der Waals surface area contributed by atoms with E-state index in [1.54, 1.807) is 0 Å². The minimum absolute atomic E-state index is 0. The lowest BCUT2D eigenvalue weighted by Gasteiger charge is -2.28. The first kappa shape index (κ1) is 17.9. The van der Waals surface area contributed by atoms with E-state index in [0.717, 1.165) is 52.1 Å². The van der Waals surface area contributed by atoms with Crippen LogP contribution in [-0.2, 0) is 4.74 Å². The second-order valence-electron chi connectivity index (χ2n) is 4.47. The molecule has 1 unspecified atom stereocenters. The largest absolute Gasteiger partial charge is 0.396 e. The van der Waals surface area contributed by atoms with E-state index in [1.807, 2.05) is 0 Å². The maximum absolute atomic E-state index is 8.97. The molecule has 0 aromatic carbocycles. The Balaban J connectivity index is 0.00000289. The summed E-state index contributed by atoms with van der Waals surface area (Å²) in [6.45, 7) is 6.21. The van der Waals surface area contributed by atoms with E-state index in [4.69, 9.17) is 15.6 Å². The molecule has 108 valence electrons. The van der Waals surface area contributed by atoms with Crippen molar-refractivity contribution < 1.29 is 9.84 Å². The Hall–Kier alpha value is -0.0800. The summed E-state index contributed by atoms with van der Waals surface area (Å²) >= 11 is 0. The molecule has 0 bridgehead atoms. The van der Waals surface area contributed by atoms with Crippen LogP contribution in [0.1, 0.15) is 26.2 Å². The van der Waals surface area contributed by atoms with Gasteiger partial charge in [-0.1, -0.05) is 13.3 Å². The standard InChI is InChI=1S/C12H25N3O2.HI/c1-2-3-11(4-7-16)10-14-12(13)15-5-8-17-9-6-15;/h11,16H,2-10H2,1H3,(H2,13,14);1H. The molecule has 5 nitrogen and oxygen atoms in total. The number of halogens is 1. The molecule has 1 atom stereocenters. The fraction of sp³-hybridized carbons (Fsp3) is 0.917. The number of aliphatic imine (C=N–C) groups is 1. The number of hydrogen-bond donors (Lipinski definition) is 2. The van der Waals surface area contributed by atoms with Crippen LogP contribution in [0.15, 0.2) is 4.99 Å². The fourth-order valence-corrected chi connectivity index (χ4v) is 2.03. The fourth-order valence-electron chi connectivity index (χ4n) is 2.03. The van der Waals surface area contributed by atoms with E-state index in [-0.39, 0.29) is 30.6 Å². The van der Waals surface area contributed by atoms with E-state index in [1.165, 1.54) is 0 Å². The van der Waals surface area contributed by atoms with Crippen molar-refractivity contribution in [3.8, 4) is 0 Å². The number of aliphatic hydroxyl groups excluding tert-OH is 1. The summed E-state index contributed by atoms with van der Waals surface area (Å²) < 4.78 is 5.27. The highest BCUT2D eigenvalue weighted by atomic mass is 127. The van der Waals surface area contributed by atoms with Gasteiger partial charge in [-0.3, -0.25) is 4.99 Å². The van der Waals surface area contributed by atoms with Gasteiger partial charge in [0, 0.05) is 26.2 Å². The molecule has 0 amide bonds. The maximum Gasteiger partial charge on any atom is 0.191 e. The zero-order chi connectivity index (χ0) is 12.5. The quantitative estimate of drug-likeness (QED) is 0.416. The van der Waals surface area contributed by atoms with Crippen molar-refractivity contribution in [2.75, 3.05) is 39.5 Å². The molecule has 0 aromatic heterocycles. The molecule has 0 aromatic rings. The van der Waals surface area contributed by atoms with Gasteiger partial charge in [0.05, 0.1) is 13.2 Å². The van der Waals surface area contributed by atoms with Crippen molar-refractivity contribution in [2.24, 2.45) is 16.6 Å². The lowest BCUT2D eigenvalue weighted by molar-refractivity contribution is 0.0673. The van der Waals surface area contributed by atoms with Gasteiger partial charge in [-0.05, 0) is 18.8 Å². The number of nitrogens with zero attached hydrogens (tertiary/aromatic N) is 2. The van der Waals surface area contributed by atoms with Crippen molar-refractivity contribution in [1.29, 1.82) is 0 Å². The summed E-state index contributed by atoms with van der Waals surface area (Å²) in [5.74, 6) is 1.07. The minimum Gasteiger partial charge on any atom is -0.396 e. The van der Waals surface area contributed by atoms with Gasteiger partial charge in [0.1, 0.15) is 0 Å². The molecular formula is C12H26IN3O2. The highest BCUT2D eigenvalue weighted by Crippen LogP contribution is 2.11. The second-order valence-corrected chi connectivity index (χ2v) is 4.47. The van der Waals surface area contributed by atoms with Crippen molar-refractivity contribution >= 4 is 29.9 Å². The van der Waals surface area contributed by atoms with Crippen LogP contribution in [0.2, 0.25) is 0 Å².